The maximum atomic E-state index is 13.5. The molecule has 1 saturated heterocycles. The maximum Gasteiger partial charge on any atom is 0.410 e. The summed E-state index contributed by atoms with van der Waals surface area (Å²) in [5.41, 5.74) is 3.44. The molecule has 0 aliphatic carbocycles. The molecule has 2 unspecified atom stereocenters. The third kappa shape index (κ3) is 7.61. The van der Waals surface area contributed by atoms with Crippen molar-refractivity contribution >= 4 is 28.6 Å². The molecule has 222 valence electrons. The van der Waals surface area contributed by atoms with Gasteiger partial charge in [0.15, 0.2) is 0 Å². The third-order valence-electron chi connectivity index (χ3n) is 7.26. The molecule has 8 nitrogen and oxygen atoms in total. The fourth-order valence-electron chi connectivity index (χ4n) is 5.50. The summed E-state index contributed by atoms with van der Waals surface area (Å²) in [7, 11) is 0. The number of rotatable bonds is 8. The quantitative estimate of drug-likeness (QED) is 0.303. The van der Waals surface area contributed by atoms with E-state index in [1.54, 1.807) is 11.0 Å². The van der Waals surface area contributed by atoms with Crippen LogP contribution < -0.4 is 10.3 Å². The lowest BCUT2D eigenvalue weighted by molar-refractivity contribution is 0.00745. The summed E-state index contributed by atoms with van der Waals surface area (Å²) in [5, 5.41) is 20.5. The molecule has 1 fully saturated rings. The van der Waals surface area contributed by atoms with Crippen molar-refractivity contribution in [3.05, 3.63) is 62.4 Å². The fourth-order valence-corrected chi connectivity index (χ4v) is 5.74. The summed E-state index contributed by atoms with van der Waals surface area (Å²) < 4.78 is 12.1. The van der Waals surface area contributed by atoms with Gasteiger partial charge in [-0.1, -0.05) is 40.9 Å². The molecular formula is C32H41ClN2O6. The first-order chi connectivity index (χ1) is 19.4. The standard InChI is InChI=1S/C32H41ClN2O6/c1-19-12-20(2)14-22(13-19)28-29(25-16-21(15-24(37)18-36)26(33)17-27(25)34-30(28)38)40-11-9-23-8-6-7-10-35(23)31(39)41-32(3,4)5/h12-14,16-17,23-24,36-37H,6-11,15,18H2,1-5H3,(H,34,38). The van der Waals surface area contributed by atoms with Crippen LogP contribution in [0.25, 0.3) is 22.0 Å². The summed E-state index contributed by atoms with van der Waals surface area (Å²) in [6.07, 6.45) is 2.22. The number of aliphatic hydroxyl groups excluding tert-OH is 2. The topological polar surface area (TPSA) is 112 Å². The van der Waals surface area contributed by atoms with E-state index in [0.717, 1.165) is 36.0 Å². The number of carbonyl (C=O) groups excluding carboxylic acids is 1. The van der Waals surface area contributed by atoms with Crippen molar-refractivity contribution in [3.8, 4) is 16.9 Å². The average molecular weight is 585 g/mol. The fraction of sp³-hybridized carbons (Fsp3) is 0.500. The van der Waals surface area contributed by atoms with Gasteiger partial charge in [0.05, 0.1) is 30.4 Å². The number of nitrogens with one attached hydrogen (secondary N) is 1. The van der Waals surface area contributed by atoms with Crippen LogP contribution in [0.2, 0.25) is 5.02 Å². The van der Waals surface area contributed by atoms with Crippen molar-refractivity contribution in [2.45, 2.75) is 84.5 Å². The van der Waals surface area contributed by atoms with Crippen molar-refractivity contribution in [1.82, 2.24) is 9.88 Å². The second-order valence-corrected chi connectivity index (χ2v) is 12.4. The van der Waals surface area contributed by atoms with E-state index in [9.17, 15) is 19.8 Å². The van der Waals surface area contributed by atoms with E-state index in [-0.39, 0.29) is 30.7 Å². The monoisotopic (exact) mass is 584 g/mol. The average Bonchev–Trinajstić information content (AvgIpc) is 2.88. The number of hydrogen-bond donors (Lipinski definition) is 3. The number of fused-ring (bicyclic) bond motifs is 1. The Bertz CT molecular complexity index is 1440. The number of piperidine rings is 1. The first-order valence-electron chi connectivity index (χ1n) is 14.2. The Kier molecular flexibility index (Phi) is 9.67. The molecule has 1 aromatic heterocycles. The largest absolute Gasteiger partial charge is 0.492 e. The zero-order chi connectivity index (χ0) is 29.9. The van der Waals surface area contributed by atoms with Gasteiger partial charge in [-0.15, -0.1) is 0 Å². The maximum absolute atomic E-state index is 13.5. The van der Waals surface area contributed by atoms with E-state index in [2.05, 4.69) is 4.98 Å². The summed E-state index contributed by atoms with van der Waals surface area (Å²) in [6, 6.07) is 9.37. The first-order valence-corrected chi connectivity index (χ1v) is 14.6. The van der Waals surface area contributed by atoms with Crippen LogP contribution in [0.15, 0.2) is 35.1 Å². The van der Waals surface area contributed by atoms with Gasteiger partial charge in [0, 0.05) is 35.8 Å². The van der Waals surface area contributed by atoms with Gasteiger partial charge in [-0.2, -0.15) is 0 Å². The molecule has 1 aliphatic heterocycles. The van der Waals surface area contributed by atoms with Crippen LogP contribution in [0, 0.1) is 13.8 Å². The minimum atomic E-state index is -0.971. The number of likely N-dealkylation sites (tertiary alicyclic amines) is 1. The first kappa shape index (κ1) is 30.9. The molecular weight excluding hydrogens is 544 g/mol. The summed E-state index contributed by atoms with van der Waals surface area (Å²) in [6.45, 7) is 10.1. The van der Waals surface area contributed by atoms with Crippen LogP contribution in [-0.2, 0) is 11.2 Å². The normalized spacial score (nSPS) is 16.6. The van der Waals surface area contributed by atoms with E-state index in [1.165, 1.54) is 0 Å². The van der Waals surface area contributed by atoms with Crippen molar-refractivity contribution in [2.75, 3.05) is 19.8 Å². The number of aromatic nitrogens is 1. The molecule has 2 heterocycles. The van der Waals surface area contributed by atoms with E-state index < -0.39 is 18.3 Å². The smallest absolute Gasteiger partial charge is 0.410 e. The van der Waals surface area contributed by atoms with Gasteiger partial charge in [0.2, 0.25) is 0 Å². The van der Waals surface area contributed by atoms with Crippen LogP contribution in [0.5, 0.6) is 5.75 Å². The molecule has 4 rings (SSSR count). The molecule has 9 heteroatoms. The minimum Gasteiger partial charge on any atom is -0.492 e. The molecule has 0 spiro atoms. The number of carbonyl (C=O) groups is 1. The molecule has 2 aromatic carbocycles. The highest BCUT2D eigenvalue weighted by Crippen LogP contribution is 2.37. The van der Waals surface area contributed by atoms with Gasteiger partial charge in [-0.05, 0) is 77.1 Å². The van der Waals surface area contributed by atoms with E-state index in [0.29, 0.717) is 45.8 Å². The molecule has 0 bridgehead atoms. The number of halogens is 1. The van der Waals surface area contributed by atoms with Crippen molar-refractivity contribution in [3.63, 3.8) is 0 Å². The zero-order valence-electron chi connectivity index (χ0n) is 24.6. The lowest BCUT2D eigenvalue weighted by Crippen LogP contribution is -2.46. The molecule has 0 radical (unpaired) electrons. The van der Waals surface area contributed by atoms with Gasteiger partial charge in [0.1, 0.15) is 11.4 Å². The highest BCUT2D eigenvalue weighted by atomic mass is 35.5. The highest BCUT2D eigenvalue weighted by Gasteiger charge is 2.30. The van der Waals surface area contributed by atoms with Gasteiger partial charge < -0.3 is 29.6 Å². The van der Waals surface area contributed by atoms with Crippen molar-refractivity contribution in [1.29, 1.82) is 0 Å². The molecule has 2 atom stereocenters. The lowest BCUT2D eigenvalue weighted by Gasteiger charge is -2.36. The van der Waals surface area contributed by atoms with Gasteiger partial charge in [-0.3, -0.25) is 4.79 Å². The predicted molar refractivity (Wildman–Crippen MR) is 162 cm³/mol. The Morgan fingerprint density at radius 1 is 1.15 bits per heavy atom. The Morgan fingerprint density at radius 3 is 2.51 bits per heavy atom. The number of ether oxygens (including phenoxy) is 2. The zero-order valence-corrected chi connectivity index (χ0v) is 25.3. The number of aryl methyl sites for hydroxylation is 2. The van der Waals surface area contributed by atoms with Crippen LogP contribution in [0.1, 0.15) is 63.1 Å². The van der Waals surface area contributed by atoms with E-state index in [4.69, 9.17) is 21.1 Å². The van der Waals surface area contributed by atoms with Crippen LogP contribution in [0.4, 0.5) is 4.79 Å². The predicted octanol–water partition coefficient (Wildman–Crippen LogP) is 5.92. The van der Waals surface area contributed by atoms with Gasteiger partial charge in [-0.25, -0.2) is 4.79 Å². The van der Waals surface area contributed by atoms with Gasteiger partial charge in [0.25, 0.3) is 5.56 Å². The van der Waals surface area contributed by atoms with E-state index in [1.807, 2.05) is 58.9 Å². The Morgan fingerprint density at radius 2 is 1.85 bits per heavy atom. The Labute approximate surface area is 246 Å². The SMILES string of the molecule is Cc1cc(C)cc(-c2c(OCCC3CCCCN3C(=O)OC(C)(C)C)c3cc(CC(O)CO)c(Cl)cc3[nH]c2=O)c1. The minimum absolute atomic E-state index is 0.0405. The molecule has 41 heavy (non-hydrogen) atoms. The number of aromatic amines is 1. The summed E-state index contributed by atoms with van der Waals surface area (Å²) in [5.74, 6) is 0.421. The highest BCUT2D eigenvalue weighted by molar-refractivity contribution is 6.32. The third-order valence-corrected chi connectivity index (χ3v) is 7.61. The molecule has 1 aliphatic rings. The summed E-state index contributed by atoms with van der Waals surface area (Å²) >= 11 is 6.50. The summed E-state index contributed by atoms with van der Waals surface area (Å²) in [4.78, 5) is 31.2. The van der Waals surface area contributed by atoms with Crippen LogP contribution in [0.3, 0.4) is 0 Å². The second-order valence-electron chi connectivity index (χ2n) is 12.0. The molecule has 1 amide bonds. The number of hydrogen-bond acceptors (Lipinski definition) is 6. The number of amides is 1. The van der Waals surface area contributed by atoms with Crippen LogP contribution >= 0.6 is 11.6 Å². The van der Waals surface area contributed by atoms with Crippen molar-refractivity contribution in [2.24, 2.45) is 0 Å². The number of H-pyrrole nitrogens is 1. The van der Waals surface area contributed by atoms with E-state index >= 15 is 0 Å². The molecule has 3 N–H and O–H groups in total. The number of benzene rings is 2. The Balaban J connectivity index is 1.73. The molecule has 3 aromatic rings. The lowest BCUT2D eigenvalue weighted by atomic mass is 9.97. The Hall–Kier alpha value is -3.07. The van der Waals surface area contributed by atoms with Crippen molar-refractivity contribution < 1.29 is 24.5 Å². The van der Waals surface area contributed by atoms with Crippen LogP contribution in [-0.4, -0.2) is 63.7 Å². The number of pyridine rings is 1. The second kappa shape index (κ2) is 12.8. The molecule has 0 saturated carbocycles. The number of nitrogens with zero attached hydrogens (tertiary/aromatic N) is 1. The van der Waals surface area contributed by atoms with Gasteiger partial charge >= 0.3 is 6.09 Å². The number of aliphatic hydroxyl groups is 2.